The second-order valence-electron chi connectivity index (χ2n) is 8.79. The van der Waals surface area contributed by atoms with Gasteiger partial charge >= 0.3 is 6.18 Å². The zero-order valence-corrected chi connectivity index (χ0v) is 19.9. The fourth-order valence-corrected chi connectivity index (χ4v) is 4.99. The third kappa shape index (κ3) is 4.74. The van der Waals surface area contributed by atoms with Crippen LogP contribution in [0.4, 0.5) is 29.1 Å². The van der Waals surface area contributed by atoms with Gasteiger partial charge in [0.15, 0.2) is 11.6 Å². The summed E-state index contributed by atoms with van der Waals surface area (Å²) in [5, 5.41) is 4.31. The van der Waals surface area contributed by atoms with Crippen molar-refractivity contribution in [3.05, 3.63) is 42.0 Å². The summed E-state index contributed by atoms with van der Waals surface area (Å²) in [5.74, 6) is 4.88. The fourth-order valence-electron chi connectivity index (χ4n) is 3.90. The van der Waals surface area contributed by atoms with Crippen LogP contribution in [0.2, 0.25) is 0 Å². The van der Waals surface area contributed by atoms with E-state index in [1.807, 2.05) is 11.8 Å². The number of nitrogen functional groups attached to an aromatic ring is 1. The normalized spacial score (nSPS) is 19.2. The Morgan fingerprint density at radius 3 is 2.66 bits per heavy atom. The average Bonchev–Trinajstić information content (AvgIpc) is 3.35. The highest BCUT2D eigenvalue weighted by Gasteiger charge is 2.41. The molecule has 1 aliphatic carbocycles. The lowest BCUT2D eigenvalue weighted by Gasteiger charge is -2.33. The number of nitrogens with zero attached hydrogens (tertiary/aromatic N) is 6. The predicted octanol–water partition coefficient (Wildman–Crippen LogP) is 2.65. The van der Waals surface area contributed by atoms with Gasteiger partial charge in [-0.1, -0.05) is 0 Å². The number of hydrazine groups is 1. The van der Waals surface area contributed by atoms with E-state index in [-0.39, 0.29) is 32.3 Å². The van der Waals surface area contributed by atoms with Crippen molar-refractivity contribution in [1.82, 2.24) is 24.7 Å². The van der Waals surface area contributed by atoms with Gasteiger partial charge in [-0.05, 0) is 41.3 Å². The van der Waals surface area contributed by atoms with Crippen molar-refractivity contribution in [3.8, 4) is 5.75 Å². The third-order valence-corrected chi connectivity index (χ3v) is 7.31. The molecule has 2 aromatic heterocycles. The van der Waals surface area contributed by atoms with Gasteiger partial charge in [-0.25, -0.2) is 24.0 Å². The molecule has 1 aromatic carbocycles. The Morgan fingerprint density at radius 1 is 1.20 bits per heavy atom. The Bertz CT molecular complexity index is 1260. The number of nitrogens with two attached hydrogens (primary N) is 1. The Kier molecular flexibility index (Phi) is 5.79. The summed E-state index contributed by atoms with van der Waals surface area (Å²) in [4.78, 5) is 14.2. The maximum atomic E-state index is 14.5. The summed E-state index contributed by atoms with van der Waals surface area (Å²) in [6, 6.07) is 4.20. The van der Waals surface area contributed by atoms with E-state index in [9.17, 15) is 17.6 Å². The molecule has 14 heteroatoms. The van der Waals surface area contributed by atoms with Crippen molar-refractivity contribution in [3.63, 3.8) is 0 Å². The van der Waals surface area contributed by atoms with E-state index >= 15 is 0 Å². The van der Waals surface area contributed by atoms with Crippen LogP contribution >= 0.6 is 8.58 Å². The van der Waals surface area contributed by atoms with E-state index in [0.717, 1.165) is 12.8 Å². The molecule has 2 atom stereocenters. The SMILES string of the molecule is CC1c2nc(C(F)(F)F)nn2CCN1c1cc(Pc2cc(OC3(C)CC3)c(F)cc2NN)ncn1. The lowest BCUT2D eigenvalue weighted by atomic mass is 10.2. The quantitative estimate of drug-likeness (QED) is 0.226. The number of benzene rings is 1. The standard InChI is InChI=1S/C21H23F4N8OP/c1-11-18-29-19(21(23,24)25)31-33(18)6-5-32(11)16-9-17(28-10-27-16)35-15-8-14(34-20(2)3-4-20)12(22)7-13(15)30-26/h7-11,30,35H,3-6,26H2,1-2H3. The van der Waals surface area contributed by atoms with Crippen LogP contribution in [-0.2, 0) is 12.7 Å². The average molecular weight is 510 g/mol. The van der Waals surface area contributed by atoms with Crippen molar-refractivity contribution >= 4 is 30.8 Å². The molecule has 3 N–H and O–H groups in total. The molecule has 2 aliphatic rings. The highest BCUT2D eigenvalue weighted by atomic mass is 31.1. The Labute approximate surface area is 199 Å². The van der Waals surface area contributed by atoms with Gasteiger partial charge in [-0.2, -0.15) is 13.2 Å². The zero-order chi connectivity index (χ0) is 25.0. The highest BCUT2D eigenvalue weighted by Crippen LogP contribution is 2.41. The van der Waals surface area contributed by atoms with Gasteiger partial charge in [0.05, 0.1) is 23.7 Å². The summed E-state index contributed by atoms with van der Waals surface area (Å²) in [6.45, 7) is 4.32. The number of hydrogen-bond donors (Lipinski definition) is 2. The van der Waals surface area contributed by atoms with Crippen LogP contribution in [0.3, 0.4) is 0 Å². The second kappa shape index (κ2) is 8.56. The minimum atomic E-state index is -4.61. The molecule has 0 radical (unpaired) electrons. The highest BCUT2D eigenvalue weighted by molar-refractivity contribution is 7.55. The molecule has 1 saturated carbocycles. The van der Waals surface area contributed by atoms with Crippen LogP contribution < -0.4 is 31.6 Å². The van der Waals surface area contributed by atoms with Crippen LogP contribution in [0.25, 0.3) is 0 Å². The molecule has 9 nitrogen and oxygen atoms in total. The molecule has 3 aromatic rings. The van der Waals surface area contributed by atoms with Crippen molar-refractivity contribution in [2.45, 2.75) is 51.1 Å². The van der Waals surface area contributed by atoms with Gasteiger partial charge in [0.25, 0.3) is 5.82 Å². The summed E-state index contributed by atoms with van der Waals surface area (Å²) < 4.78 is 60.9. The van der Waals surface area contributed by atoms with Crippen LogP contribution in [0, 0.1) is 5.82 Å². The maximum absolute atomic E-state index is 14.5. The molecule has 5 rings (SSSR count). The molecule has 186 valence electrons. The van der Waals surface area contributed by atoms with E-state index < -0.39 is 23.9 Å². The molecule has 1 fully saturated rings. The number of halogens is 4. The van der Waals surface area contributed by atoms with Gasteiger partial charge < -0.3 is 15.1 Å². The summed E-state index contributed by atoms with van der Waals surface area (Å²) in [7, 11) is -0.00443. The van der Waals surface area contributed by atoms with Crippen LogP contribution in [0.1, 0.15) is 44.4 Å². The molecule has 35 heavy (non-hydrogen) atoms. The number of aromatic nitrogens is 5. The first-order valence-corrected chi connectivity index (χ1v) is 11.9. The molecule has 0 saturated heterocycles. The lowest BCUT2D eigenvalue weighted by Crippen LogP contribution is -2.38. The Hall–Kier alpha value is -3.05. The Balaban J connectivity index is 1.40. The number of hydrogen-bond acceptors (Lipinski definition) is 8. The number of rotatable bonds is 6. The first-order valence-electron chi connectivity index (χ1n) is 10.9. The molecular formula is C21H23F4N8OP. The summed E-state index contributed by atoms with van der Waals surface area (Å²) in [5.41, 5.74) is 3.23. The first kappa shape index (κ1) is 23.7. The van der Waals surface area contributed by atoms with E-state index in [1.165, 1.54) is 17.1 Å². The first-order chi connectivity index (χ1) is 16.6. The van der Waals surface area contributed by atoms with Crippen LogP contribution in [-0.4, -0.2) is 36.9 Å². The van der Waals surface area contributed by atoms with E-state index in [2.05, 4.69) is 25.5 Å². The van der Waals surface area contributed by atoms with Gasteiger partial charge in [0.1, 0.15) is 23.6 Å². The predicted molar refractivity (Wildman–Crippen MR) is 123 cm³/mol. The van der Waals surface area contributed by atoms with Crippen molar-refractivity contribution in [2.75, 3.05) is 16.9 Å². The van der Waals surface area contributed by atoms with E-state index in [4.69, 9.17) is 10.6 Å². The van der Waals surface area contributed by atoms with Gasteiger partial charge in [0.2, 0.25) is 0 Å². The number of nitrogens with one attached hydrogen (secondary N) is 1. The smallest absolute Gasteiger partial charge is 0.453 e. The fraction of sp³-hybridized carbons (Fsp3) is 0.429. The molecule has 2 unspecified atom stereocenters. The van der Waals surface area contributed by atoms with Crippen molar-refractivity contribution in [1.29, 1.82) is 0 Å². The minimum Gasteiger partial charge on any atom is -0.484 e. The molecule has 3 heterocycles. The van der Waals surface area contributed by atoms with Gasteiger partial charge in [0, 0.05) is 24.0 Å². The zero-order valence-electron chi connectivity index (χ0n) is 18.9. The molecule has 0 spiro atoms. The van der Waals surface area contributed by atoms with E-state index in [1.54, 1.807) is 19.1 Å². The second-order valence-corrected chi connectivity index (χ2v) is 10.1. The topological polar surface area (TPSA) is 107 Å². The van der Waals surface area contributed by atoms with Gasteiger partial charge in [-0.3, -0.25) is 5.84 Å². The largest absolute Gasteiger partial charge is 0.484 e. The number of anilines is 2. The van der Waals surface area contributed by atoms with Gasteiger partial charge in [-0.15, -0.1) is 5.10 Å². The molecule has 0 amide bonds. The minimum absolute atomic E-state index is 0.00443. The third-order valence-electron chi connectivity index (χ3n) is 6.10. The van der Waals surface area contributed by atoms with Crippen molar-refractivity contribution < 1.29 is 22.3 Å². The molecule has 0 bridgehead atoms. The number of ether oxygens (including phenoxy) is 1. The maximum Gasteiger partial charge on any atom is 0.453 e. The molecule has 1 aliphatic heterocycles. The Morgan fingerprint density at radius 2 is 1.97 bits per heavy atom. The van der Waals surface area contributed by atoms with Crippen LogP contribution in [0.15, 0.2) is 24.5 Å². The summed E-state index contributed by atoms with van der Waals surface area (Å²) in [6.07, 6.45) is -1.49. The summed E-state index contributed by atoms with van der Waals surface area (Å²) >= 11 is 0. The monoisotopic (exact) mass is 510 g/mol. The van der Waals surface area contributed by atoms with Crippen LogP contribution in [0.5, 0.6) is 5.75 Å². The number of alkyl halides is 3. The van der Waals surface area contributed by atoms with Crippen molar-refractivity contribution in [2.24, 2.45) is 5.84 Å². The number of fused-ring (bicyclic) bond motifs is 1. The lowest BCUT2D eigenvalue weighted by molar-refractivity contribution is -0.145. The molecular weight excluding hydrogens is 487 g/mol. The van der Waals surface area contributed by atoms with E-state index in [0.29, 0.717) is 28.8 Å².